The molecule has 1 aliphatic rings. The predicted molar refractivity (Wildman–Crippen MR) is 88.0 cm³/mol. The third-order valence-corrected chi connectivity index (χ3v) is 6.12. The number of rotatable bonds is 4. The summed E-state index contributed by atoms with van der Waals surface area (Å²) in [4.78, 5) is 0.377. The molecule has 2 aromatic carbocycles. The van der Waals surface area contributed by atoms with Gasteiger partial charge >= 0.3 is 0 Å². The Bertz CT molecular complexity index is 751. The first-order valence-electron chi connectivity index (χ1n) is 7.58. The molecule has 0 spiro atoms. The molecule has 0 saturated carbocycles. The van der Waals surface area contributed by atoms with E-state index in [-0.39, 0.29) is 18.0 Å². The summed E-state index contributed by atoms with van der Waals surface area (Å²) in [5, 5.41) is 0. The Hall–Kier alpha value is -1.65. The lowest BCUT2D eigenvalue weighted by Crippen LogP contribution is -2.17. The fourth-order valence-electron chi connectivity index (χ4n) is 3.02. The first-order valence-corrected chi connectivity index (χ1v) is 9.02. The van der Waals surface area contributed by atoms with E-state index in [4.69, 9.17) is 0 Å². The summed E-state index contributed by atoms with van der Waals surface area (Å²) in [6.45, 7) is 6.11. The fourth-order valence-corrected chi connectivity index (χ4v) is 4.92. The second kappa shape index (κ2) is 5.52. The van der Waals surface area contributed by atoms with Crippen molar-refractivity contribution in [3.8, 4) is 0 Å². The maximum Gasteiger partial charge on any atom is 0.244 e. The van der Waals surface area contributed by atoms with Gasteiger partial charge in [0.25, 0.3) is 0 Å². The van der Waals surface area contributed by atoms with Crippen LogP contribution in [0.2, 0.25) is 0 Å². The second-order valence-corrected chi connectivity index (χ2v) is 8.08. The van der Waals surface area contributed by atoms with E-state index in [9.17, 15) is 8.42 Å². The van der Waals surface area contributed by atoms with Crippen molar-refractivity contribution in [2.75, 3.05) is 0 Å². The van der Waals surface area contributed by atoms with Crippen LogP contribution in [0, 0.1) is 12.8 Å². The van der Waals surface area contributed by atoms with Crippen LogP contribution in [0.3, 0.4) is 0 Å². The summed E-state index contributed by atoms with van der Waals surface area (Å²) in [6, 6.07) is 17.0. The first kappa shape index (κ1) is 15.3. The molecule has 22 heavy (non-hydrogen) atoms. The quantitative estimate of drug-likeness (QED) is 0.806. The van der Waals surface area contributed by atoms with Gasteiger partial charge in [-0.2, -0.15) is 4.31 Å². The molecule has 1 saturated heterocycles. The van der Waals surface area contributed by atoms with E-state index in [0.717, 1.165) is 11.1 Å². The number of aryl methyl sites for hydroxylation is 1. The van der Waals surface area contributed by atoms with Gasteiger partial charge in [-0.15, -0.1) is 0 Å². The van der Waals surface area contributed by atoms with Crippen molar-refractivity contribution in [1.29, 1.82) is 0 Å². The Balaban J connectivity index is 1.97. The van der Waals surface area contributed by atoms with Crippen LogP contribution in [-0.2, 0) is 10.0 Å². The van der Waals surface area contributed by atoms with E-state index in [1.165, 1.54) is 0 Å². The van der Waals surface area contributed by atoms with Crippen LogP contribution in [-0.4, -0.2) is 18.8 Å². The number of hydrogen-bond donors (Lipinski definition) is 0. The van der Waals surface area contributed by atoms with Crippen molar-refractivity contribution >= 4 is 10.0 Å². The highest BCUT2D eigenvalue weighted by Gasteiger charge is 2.57. The summed E-state index contributed by atoms with van der Waals surface area (Å²) >= 11 is 0. The zero-order valence-electron chi connectivity index (χ0n) is 13.1. The van der Waals surface area contributed by atoms with Gasteiger partial charge in [-0.3, -0.25) is 0 Å². The van der Waals surface area contributed by atoms with Crippen LogP contribution >= 0.6 is 0 Å². The maximum atomic E-state index is 12.9. The van der Waals surface area contributed by atoms with Crippen LogP contribution in [0.1, 0.15) is 31.0 Å². The molecule has 0 N–H and O–H groups in total. The van der Waals surface area contributed by atoms with E-state index < -0.39 is 10.0 Å². The lowest BCUT2D eigenvalue weighted by molar-refractivity contribution is 0.517. The molecule has 1 unspecified atom stereocenters. The monoisotopic (exact) mass is 315 g/mol. The normalized spacial score (nSPS) is 24.5. The summed E-state index contributed by atoms with van der Waals surface area (Å²) < 4.78 is 27.5. The van der Waals surface area contributed by atoms with Gasteiger partial charge in [0.2, 0.25) is 10.0 Å². The molecule has 1 heterocycles. The highest BCUT2D eigenvalue weighted by atomic mass is 32.2. The van der Waals surface area contributed by atoms with Gasteiger partial charge in [-0.1, -0.05) is 61.9 Å². The minimum atomic E-state index is -3.44. The molecule has 2 aromatic rings. The van der Waals surface area contributed by atoms with Gasteiger partial charge in [0, 0.05) is 6.04 Å². The van der Waals surface area contributed by atoms with Crippen molar-refractivity contribution < 1.29 is 8.42 Å². The second-order valence-electron chi connectivity index (χ2n) is 6.24. The Labute approximate surface area is 132 Å². The molecule has 0 radical (unpaired) electrons. The van der Waals surface area contributed by atoms with E-state index in [1.54, 1.807) is 16.4 Å². The molecule has 3 nitrogen and oxygen atoms in total. The molecule has 3 rings (SSSR count). The summed E-state index contributed by atoms with van der Waals surface area (Å²) in [5.74, 6) is 0.283. The lowest BCUT2D eigenvalue weighted by atomic mass is 10.0. The van der Waals surface area contributed by atoms with Gasteiger partial charge in [-0.25, -0.2) is 8.42 Å². The highest BCUT2D eigenvalue weighted by molar-refractivity contribution is 7.89. The minimum Gasteiger partial charge on any atom is -0.207 e. The third-order valence-electron chi connectivity index (χ3n) is 4.22. The smallest absolute Gasteiger partial charge is 0.207 e. The number of nitrogens with zero attached hydrogens (tertiary/aromatic N) is 1. The molecule has 0 amide bonds. The van der Waals surface area contributed by atoms with Crippen molar-refractivity contribution in [3.63, 3.8) is 0 Å². The third kappa shape index (κ3) is 2.57. The topological polar surface area (TPSA) is 37.1 Å². The molecule has 0 aromatic heterocycles. The van der Waals surface area contributed by atoms with Gasteiger partial charge in [0.05, 0.1) is 10.9 Å². The average Bonchev–Trinajstić information content (AvgIpc) is 3.25. The van der Waals surface area contributed by atoms with Crippen molar-refractivity contribution in [3.05, 3.63) is 65.7 Å². The van der Waals surface area contributed by atoms with Gasteiger partial charge in [-0.05, 0) is 30.5 Å². The Morgan fingerprint density at radius 2 is 1.55 bits per heavy atom. The predicted octanol–water partition coefficient (Wildman–Crippen LogP) is 3.77. The molecule has 3 atom stereocenters. The Kier molecular flexibility index (Phi) is 3.83. The zero-order chi connectivity index (χ0) is 15.9. The largest absolute Gasteiger partial charge is 0.244 e. The van der Waals surface area contributed by atoms with Crippen LogP contribution in [0.5, 0.6) is 0 Å². The average molecular weight is 315 g/mol. The standard InChI is InChI=1S/C18H21NO2S/c1-13(2)17-18(15-7-5-4-6-8-15)19(17)22(20,21)16-11-9-14(3)10-12-16/h4-13,17-18H,1-3H3/t17-,18-,19?/m0/s1. The van der Waals surface area contributed by atoms with Crippen LogP contribution in [0.25, 0.3) is 0 Å². The maximum absolute atomic E-state index is 12.9. The van der Waals surface area contributed by atoms with Gasteiger partial charge in [0.1, 0.15) is 0 Å². The van der Waals surface area contributed by atoms with Crippen LogP contribution < -0.4 is 0 Å². The molecule has 1 fully saturated rings. The fraction of sp³-hybridized carbons (Fsp3) is 0.333. The molecular formula is C18H21NO2S. The van der Waals surface area contributed by atoms with Crippen molar-refractivity contribution in [1.82, 2.24) is 4.31 Å². The lowest BCUT2D eigenvalue weighted by Gasteiger charge is -2.08. The van der Waals surface area contributed by atoms with Gasteiger partial charge in [0.15, 0.2) is 0 Å². The Morgan fingerprint density at radius 1 is 0.955 bits per heavy atom. The van der Waals surface area contributed by atoms with E-state index in [2.05, 4.69) is 13.8 Å². The minimum absolute atomic E-state index is 0.0358. The SMILES string of the molecule is Cc1ccc(S(=O)(=O)N2[C@@H](c3ccccc3)[C@@H]2C(C)C)cc1. The molecular weight excluding hydrogens is 294 g/mol. The zero-order valence-corrected chi connectivity index (χ0v) is 13.9. The van der Waals surface area contributed by atoms with Crippen molar-refractivity contribution in [2.24, 2.45) is 5.92 Å². The van der Waals surface area contributed by atoms with Crippen molar-refractivity contribution in [2.45, 2.75) is 37.8 Å². The summed E-state index contributed by atoms with van der Waals surface area (Å²) in [5.41, 5.74) is 2.13. The molecule has 1 aliphatic heterocycles. The summed E-state index contributed by atoms with van der Waals surface area (Å²) in [7, 11) is -3.44. The number of benzene rings is 2. The van der Waals surface area contributed by atoms with E-state index in [1.807, 2.05) is 49.4 Å². The van der Waals surface area contributed by atoms with E-state index >= 15 is 0 Å². The highest BCUT2D eigenvalue weighted by Crippen LogP contribution is 2.50. The first-order chi connectivity index (χ1) is 10.4. The van der Waals surface area contributed by atoms with Gasteiger partial charge < -0.3 is 0 Å². The molecule has 0 aliphatic carbocycles. The van der Waals surface area contributed by atoms with Crippen LogP contribution in [0.15, 0.2) is 59.5 Å². The Morgan fingerprint density at radius 3 is 2.09 bits per heavy atom. The summed E-state index contributed by atoms with van der Waals surface area (Å²) in [6.07, 6.45) is 0. The van der Waals surface area contributed by atoms with Crippen LogP contribution in [0.4, 0.5) is 0 Å². The molecule has 0 bridgehead atoms. The molecule has 4 heteroatoms. The molecule has 116 valence electrons. The van der Waals surface area contributed by atoms with E-state index in [0.29, 0.717) is 4.90 Å². The number of sulfonamides is 1. The number of hydrogen-bond acceptors (Lipinski definition) is 2.